The molecule has 0 radical (unpaired) electrons. The number of carbonyl (C=O) groups is 1. The third-order valence-electron chi connectivity index (χ3n) is 5.00. The van der Waals surface area contributed by atoms with Gasteiger partial charge in [0.25, 0.3) is 17.4 Å². The van der Waals surface area contributed by atoms with Gasteiger partial charge in [0, 0.05) is 12.1 Å². The minimum Gasteiger partial charge on any atom is -0.321 e. The number of carbonyl (C=O) groups excluding carboxylic acids is 1. The number of pyridine rings is 1. The van der Waals surface area contributed by atoms with Crippen LogP contribution in [0.4, 0.5) is 17.2 Å². The van der Waals surface area contributed by atoms with Gasteiger partial charge in [0.05, 0.1) is 11.1 Å². The van der Waals surface area contributed by atoms with Crippen LogP contribution in [0.25, 0.3) is 0 Å². The molecule has 3 N–H and O–H groups in total. The normalized spacial score (nSPS) is 14.8. The fraction of sp³-hybridized carbons (Fsp3) is 0.368. The molecule has 1 aliphatic heterocycles. The highest BCUT2D eigenvalue weighted by molar-refractivity contribution is 5.94. The van der Waals surface area contributed by atoms with E-state index in [1.54, 1.807) is 6.07 Å². The smallest absolute Gasteiger partial charge is 0.293 e. The second-order valence-corrected chi connectivity index (χ2v) is 6.92. The number of amides is 1. The molecule has 0 spiro atoms. The summed E-state index contributed by atoms with van der Waals surface area (Å²) in [6, 6.07) is 9.16. The molecule has 1 fully saturated rings. The lowest BCUT2D eigenvalue weighted by Gasteiger charge is -2.27. The van der Waals surface area contributed by atoms with Crippen molar-refractivity contribution < 1.29 is 19.6 Å². The lowest BCUT2D eigenvalue weighted by Crippen LogP contribution is -3.15. The highest BCUT2D eigenvalue weighted by Crippen LogP contribution is 2.27. The lowest BCUT2D eigenvalue weighted by atomic mass is 10.1. The van der Waals surface area contributed by atoms with Crippen LogP contribution in [0.5, 0.6) is 0 Å². The fourth-order valence-corrected chi connectivity index (χ4v) is 3.29. The molecule has 2 heterocycles. The van der Waals surface area contributed by atoms with Crippen LogP contribution in [0.3, 0.4) is 0 Å². The number of anilines is 2. The van der Waals surface area contributed by atoms with Gasteiger partial charge in [0.1, 0.15) is 31.9 Å². The monoisotopic (exact) mass is 371 g/mol. The first kappa shape index (κ1) is 18.8. The summed E-state index contributed by atoms with van der Waals surface area (Å²) in [6.07, 6.45) is 1.90. The first-order valence-electron chi connectivity index (χ1n) is 9.05. The van der Waals surface area contributed by atoms with Crippen molar-refractivity contribution >= 4 is 23.1 Å². The van der Waals surface area contributed by atoms with Crippen LogP contribution in [-0.2, 0) is 4.79 Å². The molecule has 1 aromatic carbocycles. The Morgan fingerprint density at radius 2 is 1.96 bits per heavy atom. The summed E-state index contributed by atoms with van der Waals surface area (Å²) in [5, 5.41) is 14.0. The van der Waals surface area contributed by atoms with E-state index in [0.29, 0.717) is 6.54 Å². The van der Waals surface area contributed by atoms with Crippen molar-refractivity contribution in [3.05, 3.63) is 57.8 Å². The van der Waals surface area contributed by atoms with Crippen molar-refractivity contribution in [1.82, 2.24) is 0 Å². The van der Waals surface area contributed by atoms with Crippen LogP contribution in [0.1, 0.15) is 11.1 Å². The molecule has 1 aliphatic rings. The highest BCUT2D eigenvalue weighted by Gasteiger charge is 2.28. The molecule has 27 heavy (non-hydrogen) atoms. The third kappa shape index (κ3) is 4.59. The summed E-state index contributed by atoms with van der Waals surface area (Å²) in [4.78, 5) is 29.9. The van der Waals surface area contributed by atoms with Gasteiger partial charge in [-0.05, 0) is 37.1 Å². The first-order chi connectivity index (χ1) is 12.9. The molecule has 0 aliphatic carbocycles. The second kappa shape index (κ2) is 8.13. The van der Waals surface area contributed by atoms with Crippen LogP contribution < -0.4 is 20.1 Å². The Morgan fingerprint density at radius 1 is 1.26 bits per heavy atom. The van der Waals surface area contributed by atoms with E-state index >= 15 is 0 Å². The molecular weight excluding hydrogens is 346 g/mol. The number of rotatable bonds is 5. The fourth-order valence-electron chi connectivity index (χ4n) is 3.29. The average molecular weight is 371 g/mol. The molecule has 1 aromatic heterocycles. The molecule has 0 unspecified atom stereocenters. The number of benzene rings is 1. The number of piperazine rings is 1. The van der Waals surface area contributed by atoms with Crippen LogP contribution in [0, 0.1) is 24.0 Å². The molecule has 0 saturated carbocycles. The zero-order chi connectivity index (χ0) is 19.4. The van der Waals surface area contributed by atoms with E-state index in [1.807, 2.05) is 38.2 Å². The number of nitrogens with one attached hydrogen (secondary N) is 3. The van der Waals surface area contributed by atoms with Crippen LogP contribution in [-0.4, -0.2) is 43.6 Å². The lowest BCUT2D eigenvalue weighted by molar-refractivity contribution is -0.892. The first-order valence-corrected chi connectivity index (χ1v) is 9.05. The number of aromatic nitrogens is 1. The number of hydrogen-bond donors (Lipinski definition) is 2. The Hall–Kier alpha value is -3.00. The quantitative estimate of drug-likeness (QED) is 0.587. The van der Waals surface area contributed by atoms with E-state index < -0.39 is 4.92 Å². The van der Waals surface area contributed by atoms with Crippen LogP contribution in [0.15, 0.2) is 36.5 Å². The number of quaternary nitrogens is 1. The minimum atomic E-state index is -0.454. The molecule has 0 atom stereocenters. The zero-order valence-corrected chi connectivity index (χ0v) is 15.6. The van der Waals surface area contributed by atoms with Gasteiger partial charge in [0.2, 0.25) is 0 Å². The van der Waals surface area contributed by atoms with Crippen LogP contribution in [0.2, 0.25) is 0 Å². The summed E-state index contributed by atoms with van der Waals surface area (Å²) in [6.45, 7) is 7.38. The molecular formula is C19H25N5O3+2. The van der Waals surface area contributed by atoms with Gasteiger partial charge in [-0.25, -0.2) is 4.98 Å². The third-order valence-corrected chi connectivity index (χ3v) is 5.00. The Morgan fingerprint density at radius 3 is 2.59 bits per heavy atom. The maximum Gasteiger partial charge on any atom is 0.293 e. The van der Waals surface area contributed by atoms with Gasteiger partial charge in [0.15, 0.2) is 6.54 Å². The highest BCUT2D eigenvalue weighted by atomic mass is 16.6. The number of nitro groups is 1. The Balaban J connectivity index is 1.58. The van der Waals surface area contributed by atoms with Crippen molar-refractivity contribution in [2.24, 2.45) is 0 Å². The summed E-state index contributed by atoms with van der Waals surface area (Å²) in [7, 11) is 0. The number of aromatic amines is 1. The summed E-state index contributed by atoms with van der Waals surface area (Å²) < 4.78 is 0. The van der Waals surface area contributed by atoms with Crippen molar-refractivity contribution in [3.8, 4) is 0 Å². The van der Waals surface area contributed by atoms with E-state index in [-0.39, 0.29) is 17.3 Å². The zero-order valence-electron chi connectivity index (χ0n) is 15.6. The number of hydrogen-bond acceptors (Lipinski definition) is 4. The number of H-pyrrole nitrogens is 1. The van der Waals surface area contributed by atoms with E-state index in [9.17, 15) is 14.9 Å². The summed E-state index contributed by atoms with van der Waals surface area (Å²) in [5.41, 5.74) is 1.95. The maximum absolute atomic E-state index is 12.4. The van der Waals surface area contributed by atoms with E-state index in [4.69, 9.17) is 0 Å². The van der Waals surface area contributed by atoms with Gasteiger partial charge < -0.3 is 10.2 Å². The predicted molar refractivity (Wildman–Crippen MR) is 102 cm³/mol. The SMILES string of the molecule is Cc1cc(NC(=O)C[NH+]2CCN(c3cccc[nH+]3)CC2)c([N+](=O)[O-])cc1C. The molecule has 1 amide bonds. The second-order valence-electron chi connectivity index (χ2n) is 6.92. The van der Waals surface area contributed by atoms with E-state index in [2.05, 4.69) is 15.2 Å². The number of nitro benzene ring substituents is 1. The molecule has 3 rings (SSSR count). The topological polar surface area (TPSA) is 94.1 Å². The summed E-state index contributed by atoms with van der Waals surface area (Å²) in [5.74, 6) is 0.878. The summed E-state index contributed by atoms with van der Waals surface area (Å²) >= 11 is 0. The molecule has 8 heteroatoms. The van der Waals surface area contributed by atoms with Gasteiger partial charge in [-0.2, -0.15) is 0 Å². The van der Waals surface area contributed by atoms with Crippen LogP contribution >= 0.6 is 0 Å². The van der Waals surface area contributed by atoms with Crippen molar-refractivity contribution in [2.45, 2.75) is 13.8 Å². The number of aryl methyl sites for hydroxylation is 2. The Kier molecular flexibility index (Phi) is 5.66. The van der Waals surface area contributed by atoms with E-state index in [0.717, 1.165) is 43.1 Å². The van der Waals surface area contributed by atoms with Crippen molar-refractivity contribution in [3.63, 3.8) is 0 Å². The van der Waals surface area contributed by atoms with Gasteiger partial charge in [-0.1, -0.05) is 6.07 Å². The predicted octanol–water partition coefficient (Wildman–Crippen LogP) is 0.369. The Labute approximate surface area is 158 Å². The van der Waals surface area contributed by atoms with Gasteiger partial charge in [-0.3, -0.25) is 19.8 Å². The largest absolute Gasteiger partial charge is 0.321 e. The van der Waals surface area contributed by atoms with Gasteiger partial charge >= 0.3 is 0 Å². The average Bonchev–Trinajstić information content (AvgIpc) is 2.65. The molecule has 0 bridgehead atoms. The van der Waals surface area contributed by atoms with Gasteiger partial charge in [-0.15, -0.1) is 0 Å². The van der Waals surface area contributed by atoms with Crippen molar-refractivity contribution in [2.75, 3.05) is 42.9 Å². The van der Waals surface area contributed by atoms with Crippen molar-refractivity contribution in [1.29, 1.82) is 0 Å². The minimum absolute atomic E-state index is 0.0640. The molecule has 142 valence electrons. The Bertz CT molecular complexity index is 833. The molecule has 1 saturated heterocycles. The molecule has 8 nitrogen and oxygen atoms in total. The maximum atomic E-state index is 12.4. The standard InChI is InChI=1S/C19H23N5O3/c1-14-11-16(17(24(26)27)12-15(14)2)21-19(25)13-22-7-9-23(10-8-22)18-5-3-4-6-20-18/h3-6,11-12H,7-10,13H2,1-2H3,(H,21,25)/p+2. The molecule has 2 aromatic rings. The number of nitrogens with zero attached hydrogens (tertiary/aromatic N) is 2. The van der Waals surface area contributed by atoms with E-state index in [1.165, 1.54) is 11.0 Å².